The molecule has 0 fully saturated rings. The van der Waals surface area contributed by atoms with Crippen molar-refractivity contribution in [2.75, 3.05) is 0 Å². The van der Waals surface area contributed by atoms with E-state index in [0.29, 0.717) is 0 Å². The molecule has 5 heteroatoms. The molecule has 0 aliphatic carbocycles. The first-order chi connectivity index (χ1) is 15.1. The highest BCUT2D eigenvalue weighted by molar-refractivity contribution is 6.31. The number of para-hydroxylation sites is 1. The quantitative estimate of drug-likeness (QED) is 0.260. The van der Waals surface area contributed by atoms with Crippen molar-refractivity contribution in [3.8, 4) is 16.9 Å². The average molecular weight is 443 g/mol. The number of imidazole rings is 1. The maximum Gasteiger partial charge on any atom is 0.254 e. The first-order valence-electron chi connectivity index (χ1n) is 10.1. The van der Waals surface area contributed by atoms with Crippen molar-refractivity contribution < 1.29 is 4.40 Å². The highest BCUT2D eigenvalue weighted by Gasteiger charge is 2.26. The minimum atomic E-state index is 0.720. The molecule has 0 bridgehead atoms. The highest BCUT2D eigenvalue weighted by atomic mass is 35.5. The van der Waals surface area contributed by atoms with Crippen molar-refractivity contribution in [2.24, 2.45) is 7.05 Å². The van der Waals surface area contributed by atoms with Gasteiger partial charge in [0, 0.05) is 38.9 Å². The lowest BCUT2D eigenvalue weighted by Gasteiger charge is -2.04. The van der Waals surface area contributed by atoms with Crippen LogP contribution in [0.3, 0.4) is 0 Å². The van der Waals surface area contributed by atoms with E-state index in [4.69, 9.17) is 23.2 Å². The molecule has 3 aromatic heterocycles. The number of hydrogen-bond donors (Lipinski definition) is 0. The number of pyridine rings is 1. The van der Waals surface area contributed by atoms with Gasteiger partial charge >= 0.3 is 0 Å². The van der Waals surface area contributed by atoms with Gasteiger partial charge in [-0.05, 0) is 60.7 Å². The molecule has 6 rings (SSSR count). The Kier molecular flexibility index (Phi) is 4.10. The van der Waals surface area contributed by atoms with Crippen LogP contribution in [0.4, 0.5) is 0 Å². The first-order valence-corrected chi connectivity index (χ1v) is 10.8. The number of rotatable bonds is 2. The van der Waals surface area contributed by atoms with Crippen molar-refractivity contribution in [3.63, 3.8) is 0 Å². The van der Waals surface area contributed by atoms with Gasteiger partial charge in [-0.25, -0.2) is 0 Å². The fourth-order valence-corrected chi connectivity index (χ4v) is 4.79. The van der Waals surface area contributed by atoms with Gasteiger partial charge in [-0.1, -0.05) is 41.4 Å². The number of aryl methyl sites for hydroxylation is 1. The van der Waals surface area contributed by atoms with E-state index < -0.39 is 0 Å². The third-order valence-electron chi connectivity index (χ3n) is 5.96. The molecular formula is C26H18Cl2N3+. The summed E-state index contributed by atoms with van der Waals surface area (Å²) >= 11 is 12.4. The second-order valence-electron chi connectivity index (χ2n) is 7.73. The summed E-state index contributed by atoms with van der Waals surface area (Å²) in [6, 6.07) is 26.7. The van der Waals surface area contributed by atoms with Crippen molar-refractivity contribution >= 4 is 50.5 Å². The number of benzene rings is 3. The van der Waals surface area contributed by atoms with Crippen LogP contribution in [0, 0.1) is 0 Å². The van der Waals surface area contributed by atoms with Crippen LogP contribution in [-0.2, 0) is 7.05 Å². The van der Waals surface area contributed by atoms with Crippen LogP contribution in [0.25, 0.3) is 44.3 Å². The number of fused-ring (bicyclic) bond motifs is 5. The monoisotopic (exact) mass is 442 g/mol. The van der Waals surface area contributed by atoms with Gasteiger partial charge in [-0.3, -0.25) is 0 Å². The first kappa shape index (κ1) is 18.5. The van der Waals surface area contributed by atoms with Crippen LogP contribution in [0.2, 0.25) is 10.0 Å². The number of hydrogen-bond acceptors (Lipinski definition) is 0. The van der Waals surface area contributed by atoms with Crippen LogP contribution < -0.4 is 4.40 Å². The summed E-state index contributed by atoms with van der Waals surface area (Å²) in [7, 11) is 2.13. The normalized spacial score (nSPS) is 11.7. The molecule has 6 aromatic rings. The third-order valence-corrected chi connectivity index (χ3v) is 6.46. The van der Waals surface area contributed by atoms with Gasteiger partial charge in [0.05, 0.1) is 6.20 Å². The third kappa shape index (κ3) is 2.78. The second-order valence-corrected chi connectivity index (χ2v) is 8.60. The molecule has 0 saturated heterocycles. The van der Waals surface area contributed by atoms with E-state index in [2.05, 4.69) is 75.6 Å². The summed E-state index contributed by atoms with van der Waals surface area (Å²) in [5, 5.41) is 3.93. The van der Waals surface area contributed by atoms with E-state index >= 15 is 0 Å². The number of nitrogens with zero attached hydrogens (tertiary/aromatic N) is 3. The lowest BCUT2D eigenvalue weighted by molar-refractivity contribution is -0.510. The lowest BCUT2D eigenvalue weighted by atomic mass is 10.1. The van der Waals surface area contributed by atoms with Gasteiger partial charge in [-0.2, -0.15) is 8.97 Å². The van der Waals surface area contributed by atoms with Gasteiger partial charge in [0.1, 0.15) is 11.2 Å². The van der Waals surface area contributed by atoms with E-state index in [0.717, 1.165) is 32.5 Å². The van der Waals surface area contributed by atoms with Gasteiger partial charge in [0.15, 0.2) is 5.69 Å². The van der Waals surface area contributed by atoms with Gasteiger partial charge in [-0.15, -0.1) is 0 Å². The Morgan fingerprint density at radius 2 is 1.42 bits per heavy atom. The molecule has 0 aliphatic rings. The summed E-state index contributed by atoms with van der Waals surface area (Å²) in [5.41, 5.74) is 6.81. The molecule has 0 radical (unpaired) electrons. The molecule has 3 aromatic carbocycles. The standard InChI is InChI=1S/C26H18Cl2N3/c1-29-23-5-3-2-4-21(23)22-14-15-30-16-31(20-12-10-19(28)11-13-20)24(26(30)25(22)29)17-6-8-18(27)9-7-17/h2-16H,1H3/q+1. The fourth-order valence-electron chi connectivity index (χ4n) is 4.54. The second kappa shape index (κ2) is 6.88. The Bertz CT molecular complexity index is 1590. The van der Waals surface area contributed by atoms with Crippen molar-refractivity contribution in [3.05, 3.63) is 101 Å². The minimum absolute atomic E-state index is 0.720. The molecule has 150 valence electrons. The van der Waals surface area contributed by atoms with Gasteiger partial charge in [0.25, 0.3) is 6.33 Å². The van der Waals surface area contributed by atoms with Crippen LogP contribution in [-0.4, -0.2) is 9.13 Å². The van der Waals surface area contributed by atoms with E-state index in [1.165, 1.54) is 21.8 Å². The Morgan fingerprint density at radius 1 is 0.742 bits per heavy atom. The topological polar surface area (TPSA) is 14.0 Å². The van der Waals surface area contributed by atoms with E-state index in [-0.39, 0.29) is 0 Å². The van der Waals surface area contributed by atoms with Crippen LogP contribution in [0.1, 0.15) is 0 Å². The van der Waals surface area contributed by atoms with Gasteiger partial charge in [0.2, 0.25) is 5.52 Å². The summed E-state index contributed by atoms with van der Waals surface area (Å²) in [6.45, 7) is 0. The average Bonchev–Trinajstić information content (AvgIpc) is 3.31. The summed E-state index contributed by atoms with van der Waals surface area (Å²) in [5.74, 6) is 0. The predicted molar refractivity (Wildman–Crippen MR) is 128 cm³/mol. The molecular weight excluding hydrogens is 425 g/mol. The smallest absolute Gasteiger partial charge is 0.254 e. The lowest BCUT2D eigenvalue weighted by Crippen LogP contribution is -2.18. The largest absolute Gasteiger partial charge is 0.340 e. The molecule has 0 saturated carbocycles. The van der Waals surface area contributed by atoms with E-state index in [1.807, 2.05) is 36.4 Å². The molecule has 3 nitrogen and oxygen atoms in total. The van der Waals surface area contributed by atoms with Crippen molar-refractivity contribution in [1.29, 1.82) is 0 Å². The minimum Gasteiger partial charge on any atom is -0.340 e. The molecule has 3 heterocycles. The van der Waals surface area contributed by atoms with Crippen LogP contribution in [0.15, 0.2) is 91.4 Å². The highest BCUT2D eigenvalue weighted by Crippen LogP contribution is 2.35. The van der Waals surface area contributed by atoms with Gasteiger partial charge < -0.3 is 4.57 Å². The maximum atomic E-state index is 6.21. The zero-order chi connectivity index (χ0) is 21.1. The molecule has 0 spiro atoms. The number of aromatic nitrogens is 3. The molecule has 0 atom stereocenters. The Labute approximate surface area is 189 Å². The van der Waals surface area contributed by atoms with E-state index in [1.54, 1.807) is 0 Å². The molecule has 0 amide bonds. The zero-order valence-corrected chi connectivity index (χ0v) is 18.3. The summed E-state index contributed by atoms with van der Waals surface area (Å²) in [4.78, 5) is 0. The van der Waals surface area contributed by atoms with Crippen LogP contribution in [0.5, 0.6) is 0 Å². The zero-order valence-electron chi connectivity index (χ0n) is 16.8. The Morgan fingerprint density at radius 3 is 2.16 bits per heavy atom. The van der Waals surface area contributed by atoms with E-state index in [9.17, 15) is 0 Å². The Balaban J connectivity index is 1.81. The molecule has 0 aliphatic heterocycles. The van der Waals surface area contributed by atoms with Crippen molar-refractivity contribution in [2.45, 2.75) is 0 Å². The summed E-state index contributed by atoms with van der Waals surface area (Å²) in [6.07, 6.45) is 4.26. The van der Waals surface area contributed by atoms with Crippen LogP contribution >= 0.6 is 23.2 Å². The molecule has 0 N–H and O–H groups in total. The Hall–Kier alpha value is -3.27. The SMILES string of the molecule is Cn1c2ccccc2c2cc[n+]3cn(-c4ccc(Cl)cc4)c(-c4ccc(Cl)cc4)c3c21. The fraction of sp³-hybridized carbons (Fsp3) is 0.0385. The molecule has 31 heavy (non-hydrogen) atoms. The predicted octanol–water partition coefficient (Wildman–Crippen LogP) is 6.83. The molecule has 0 unspecified atom stereocenters. The summed E-state index contributed by atoms with van der Waals surface area (Å²) < 4.78 is 6.69. The maximum absolute atomic E-state index is 6.21. The van der Waals surface area contributed by atoms with Crippen molar-refractivity contribution in [1.82, 2.24) is 9.13 Å². The number of halogens is 2.